The van der Waals surface area contributed by atoms with E-state index in [2.05, 4.69) is 18.2 Å². The van der Waals surface area contributed by atoms with E-state index in [9.17, 15) is 30.0 Å². The lowest BCUT2D eigenvalue weighted by Crippen LogP contribution is -2.09. The molecule has 0 saturated carbocycles. The van der Waals surface area contributed by atoms with Crippen molar-refractivity contribution < 1.29 is 39.5 Å². The van der Waals surface area contributed by atoms with Gasteiger partial charge in [0.05, 0.1) is 22.8 Å². The highest BCUT2D eigenvalue weighted by atomic mass is 32.1. The molecule has 0 amide bonds. The van der Waals surface area contributed by atoms with E-state index in [4.69, 9.17) is 19.4 Å². The largest absolute Gasteiger partial charge is 0.482 e. The van der Waals surface area contributed by atoms with Gasteiger partial charge in [-0.2, -0.15) is 0 Å². The Morgan fingerprint density at radius 2 is 0.817 bits per heavy atom. The van der Waals surface area contributed by atoms with Gasteiger partial charge < -0.3 is 29.9 Å². The van der Waals surface area contributed by atoms with Crippen LogP contribution in [0.3, 0.4) is 0 Å². The molecular weight excluding hydrogens is 797 g/mol. The van der Waals surface area contributed by atoms with Crippen molar-refractivity contribution in [2.75, 3.05) is 13.2 Å². The van der Waals surface area contributed by atoms with E-state index < -0.39 is 37.4 Å². The highest BCUT2D eigenvalue weighted by molar-refractivity contribution is 7.24. The molecule has 5 heterocycles. The Balaban J connectivity index is 1.40. The zero-order valence-electron chi connectivity index (χ0n) is 31.6. The number of thiophene rings is 2. The first-order valence-electron chi connectivity index (χ1n) is 18.9. The number of nitrogens with zero attached hydrogens (tertiary/aromatic N) is 2. The summed E-state index contributed by atoms with van der Waals surface area (Å²) in [5.74, 6) is -1.42. The first-order chi connectivity index (χ1) is 29.2. The number of carbonyl (C=O) groups is 2. The zero-order chi connectivity index (χ0) is 41.3. The van der Waals surface area contributed by atoms with E-state index in [1.165, 1.54) is 11.3 Å². The van der Waals surface area contributed by atoms with Gasteiger partial charge in [0.2, 0.25) is 0 Å². The van der Waals surface area contributed by atoms with Gasteiger partial charge in [-0.15, -0.1) is 22.7 Å². The Bertz CT molecular complexity index is 2960. The molecule has 0 unspecified atom stereocenters. The van der Waals surface area contributed by atoms with Gasteiger partial charge in [-0.25, -0.2) is 14.6 Å². The van der Waals surface area contributed by atoms with Gasteiger partial charge in [0.1, 0.15) is 23.7 Å². The van der Waals surface area contributed by atoms with Crippen molar-refractivity contribution in [1.82, 2.24) is 9.97 Å². The Morgan fingerprint density at radius 1 is 0.467 bits per heavy atom. The molecule has 4 aromatic carbocycles. The Labute approximate surface area is 351 Å². The Kier molecular flexibility index (Phi) is 10.5. The van der Waals surface area contributed by atoms with E-state index >= 15 is 0 Å². The highest BCUT2D eigenvalue weighted by Crippen LogP contribution is 2.47. The number of hydrogen-bond donors (Lipinski definition) is 4. The van der Waals surface area contributed by atoms with E-state index in [0.717, 1.165) is 52.3 Å². The molecule has 0 spiro atoms. The summed E-state index contributed by atoms with van der Waals surface area (Å²) in [6, 6.07) is 41.9. The minimum Gasteiger partial charge on any atom is -0.482 e. The lowest BCUT2D eigenvalue weighted by molar-refractivity contribution is -0.140. The Hall–Kier alpha value is -6.96. The summed E-state index contributed by atoms with van der Waals surface area (Å²) in [5, 5.41) is 42.4. The van der Waals surface area contributed by atoms with Gasteiger partial charge in [-0.1, -0.05) is 84.9 Å². The molecule has 4 N–H and O–H groups in total. The van der Waals surface area contributed by atoms with Crippen LogP contribution in [0.2, 0.25) is 0 Å². The monoisotopic (exact) mass is 830 g/mol. The molecule has 3 aromatic heterocycles. The predicted molar refractivity (Wildman–Crippen MR) is 235 cm³/mol. The van der Waals surface area contributed by atoms with Gasteiger partial charge in [0.25, 0.3) is 0 Å². The predicted octanol–water partition coefficient (Wildman–Crippen LogP) is 10.3. The number of aliphatic hydroxyl groups is 2. The molecule has 10 nitrogen and oxygen atoms in total. The van der Waals surface area contributed by atoms with Crippen LogP contribution >= 0.6 is 22.7 Å². The van der Waals surface area contributed by atoms with Crippen LogP contribution in [0.4, 0.5) is 0 Å². The minimum absolute atomic E-state index is 0.272. The smallest absolute Gasteiger partial charge is 0.341 e. The fraction of sp³-hybridized carbons (Fsp3) is 0.0833. The molecule has 0 radical (unpaired) electrons. The summed E-state index contributed by atoms with van der Waals surface area (Å²) in [5.41, 5.74) is 8.34. The number of aliphatic carboxylic acids is 2. The minimum atomic E-state index is -1.40. The molecular formula is C48H34N2O8S2. The maximum atomic E-state index is 12.0. The summed E-state index contributed by atoms with van der Waals surface area (Å²) < 4.78 is 14.3. The molecule has 7 aromatic rings. The van der Waals surface area contributed by atoms with Crippen molar-refractivity contribution in [3.63, 3.8) is 0 Å². The standard InChI is InChI=1S/C48H34N2O8S2/c51-39(52)25-57-31-15-11-29(12-16-31)42-34-20-19-33(49-34)41(27-7-3-1-4-8-27)35-21-23-37(59-35)43(28-9-5-2-6-10-28)45-47(55)48(56)46(50-45)44(38-24-22-36(42)60-38)30-13-17-32(18-14-30)58-26-40(53)54/h1-24,47-48,55-56H,25-26H2,(H,51,52)(H,53,54)/t47-,48+/m1/s1. The number of rotatable bonds is 10. The number of fused-ring (bicyclic) bond motifs is 8. The number of benzene rings is 4. The average Bonchev–Trinajstić information content (AvgIpc) is 4.09. The number of carboxylic acid groups (broad SMARTS) is 2. The summed E-state index contributed by atoms with van der Waals surface area (Å²) in [4.78, 5) is 32.9. The maximum Gasteiger partial charge on any atom is 0.341 e. The Morgan fingerprint density at radius 3 is 1.22 bits per heavy atom. The van der Waals surface area contributed by atoms with Crippen LogP contribution in [-0.4, -0.2) is 55.5 Å². The molecule has 12 heteroatoms. The van der Waals surface area contributed by atoms with Crippen molar-refractivity contribution in [3.05, 3.63) is 156 Å². The van der Waals surface area contributed by atoms with Gasteiger partial charge in [-0.3, -0.25) is 4.98 Å². The lowest BCUT2D eigenvalue weighted by atomic mass is 9.98. The number of ether oxygens (including phenoxy) is 2. The molecule has 0 aliphatic carbocycles. The third-order valence-corrected chi connectivity index (χ3v) is 12.3. The van der Waals surface area contributed by atoms with Gasteiger partial charge in [-0.05, 0) is 82.9 Å². The van der Waals surface area contributed by atoms with Crippen LogP contribution in [-0.2, 0) is 9.59 Å². The number of carboxylic acids is 2. The van der Waals surface area contributed by atoms with Crippen LogP contribution in [0.5, 0.6) is 11.5 Å². The molecule has 0 fully saturated rings. The molecule has 296 valence electrons. The molecule has 2 aliphatic rings. The second-order valence-corrected chi connectivity index (χ2v) is 16.1. The average molecular weight is 831 g/mol. The molecule has 9 rings (SSSR count). The van der Waals surface area contributed by atoms with Crippen molar-refractivity contribution >= 4 is 65.6 Å². The van der Waals surface area contributed by atoms with Crippen molar-refractivity contribution in [2.24, 2.45) is 0 Å². The van der Waals surface area contributed by atoms with E-state index in [0.29, 0.717) is 39.6 Å². The van der Waals surface area contributed by atoms with Gasteiger partial charge in [0, 0.05) is 41.1 Å². The number of aromatic nitrogens is 2. The third-order valence-electron chi connectivity index (χ3n) is 10.1. The van der Waals surface area contributed by atoms with Crippen molar-refractivity contribution in [1.29, 1.82) is 0 Å². The van der Waals surface area contributed by atoms with E-state index in [1.807, 2.05) is 91.0 Å². The number of hydrogen-bond acceptors (Lipinski definition) is 10. The van der Waals surface area contributed by atoms with Gasteiger partial charge >= 0.3 is 11.9 Å². The van der Waals surface area contributed by atoms with Crippen LogP contribution in [0.1, 0.15) is 35.0 Å². The molecule has 60 heavy (non-hydrogen) atoms. The SMILES string of the molecule is O=C(O)COc1ccc(-c2c3nc(c(-c4ccccc4)c4ccc(s4)c(-c4ccccc4)c4nc(c(-c5ccc(OCC(=O)O)cc5)c5ccc2s5)[C@H](O)[C@@H]4O)C=C3)cc1. The molecule has 0 saturated heterocycles. The van der Waals surface area contributed by atoms with Crippen LogP contribution < -0.4 is 9.47 Å². The summed E-state index contributed by atoms with van der Waals surface area (Å²) in [6.45, 7) is -0.976. The van der Waals surface area contributed by atoms with Crippen LogP contribution in [0.25, 0.3) is 75.5 Å². The number of aliphatic hydroxyl groups excluding tert-OH is 2. The first kappa shape index (κ1) is 38.6. The second-order valence-electron chi connectivity index (χ2n) is 14.0. The van der Waals surface area contributed by atoms with Crippen molar-refractivity contribution in [2.45, 2.75) is 12.2 Å². The summed E-state index contributed by atoms with van der Waals surface area (Å²) in [7, 11) is 0. The lowest BCUT2D eigenvalue weighted by Gasteiger charge is -2.13. The quantitative estimate of drug-likeness (QED) is 0.104. The van der Waals surface area contributed by atoms with Crippen molar-refractivity contribution in [3.8, 4) is 56.0 Å². The normalized spacial score (nSPS) is 14.5. The first-order valence-corrected chi connectivity index (χ1v) is 20.5. The maximum absolute atomic E-state index is 12.0. The highest BCUT2D eigenvalue weighted by Gasteiger charge is 2.34. The fourth-order valence-electron chi connectivity index (χ4n) is 7.42. The zero-order valence-corrected chi connectivity index (χ0v) is 33.2. The topological polar surface area (TPSA) is 159 Å². The molecule has 2 aliphatic heterocycles. The van der Waals surface area contributed by atoms with Crippen LogP contribution in [0, 0.1) is 0 Å². The molecule has 2 atom stereocenters. The van der Waals surface area contributed by atoms with E-state index in [-0.39, 0.29) is 5.69 Å². The fourth-order valence-corrected chi connectivity index (χ4v) is 9.74. The van der Waals surface area contributed by atoms with E-state index in [1.54, 1.807) is 47.7 Å². The van der Waals surface area contributed by atoms with Crippen LogP contribution in [0.15, 0.2) is 133 Å². The van der Waals surface area contributed by atoms with Gasteiger partial charge in [0.15, 0.2) is 13.2 Å². The summed E-state index contributed by atoms with van der Waals surface area (Å²) >= 11 is 3.00. The second kappa shape index (κ2) is 16.4. The summed E-state index contributed by atoms with van der Waals surface area (Å²) in [6.07, 6.45) is 1.25. The molecule has 8 bridgehead atoms. The third kappa shape index (κ3) is 7.56.